The lowest BCUT2D eigenvalue weighted by Gasteiger charge is -2.05. The molecule has 3 nitrogen and oxygen atoms in total. The maximum absolute atomic E-state index is 6.00. The van der Waals surface area contributed by atoms with Crippen LogP contribution >= 0.6 is 22.6 Å². The van der Waals surface area contributed by atoms with Crippen LogP contribution < -0.4 is 5.73 Å². The van der Waals surface area contributed by atoms with Crippen molar-refractivity contribution >= 4 is 60.9 Å². The second kappa shape index (κ2) is 5.46. The number of imidazole rings is 1. The summed E-state index contributed by atoms with van der Waals surface area (Å²) in [5.74, 6) is 0.855. The number of fused-ring (bicyclic) bond motifs is 6. The van der Waals surface area contributed by atoms with E-state index in [0.717, 1.165) is 37.1 Å². The van der Waals surface area contributed by atoms with E-state index in [9.17, 15) is 0 Å². The fourth-order valence-electron chi connectivity index (χ4n) is 3.48. The van der Waals surface area contributed by atoms with Gasteiger partial charge in [-0.1, -0.05) is 48.5 Å². The zero-order valence-electron chi connectivity index (χ0n) is 13.3. The Labute approximate surface area is 158 Å². The van der Waals surface area contributed by atoms with Crippen LogP contribution in [0.2, 0.25) is 0 Å². The van der Waals surface area contributed by atoms with Gasteiger partial charge < -0.3 is 10.7 Å². The standard InChI is InChI=1S/C21H14IN3/c22-18-10-9-12(23)11-17(18)21-24-19-15-7-3-1-5-13(15)14-6-2-4-8-16(14)20(19)25-21/h1-11H,23H2,(H,24,25). The molecule has 4 aromatic carbocycles. The molecule has 0 saturated carbocycles. The van der Waals surface area contributed by atoms with Gasteiger partial charge in [0.15, 0.2) is 0 Å². The summed E-state index contributed by atoms with van der Waals surface area (Å²) in [5.41, 5.74) is 9.84. The third-order valence-corrected chi connectivity index (χ3v) is 5.56. The number of benzene rings is 4. The van der Waals surface area contributed by atoms with Crippen LogP contribution in [-0.2, 0) is 0 Å². The number of hydrogen-bond acceptors (Lipinski definition) is 2. The van der Waals surface area contributed by atoms with Crippen LogP contribution in [0.25, 0.3) is 44.0 Å². The number of halogens is 1. The van der Waals surface area contributed by atoms with E-state index in [1.807, 2.05) is 18.2 Å². The van der Waals surface area contributed by atoms with Crippen molar-refractivity contribution in [3.05, 3.63) is 70.3 Å². The molecule has 0 radical (unpaired) electrons. The lowest BCUT2D eigenvalue weighted by Crippen LogP contribution is -1.89. The Bertz CT molecular complexity index is 1200. The number of nitrogens with two attached hydrogens (primary N) is 1. The molecule has 5 rings (SSSR count). The molecule has 0 amide bonds. The lowest BCUT2D eigenvalue weighted by atomic mass is 10.0. The highest BCUT2D eigenvalue weighted by molar-refractivity contribution is 14.1. The van der Waals surface area contributed by atoms with Crippen molar-refractivity contribution in [2.75, 3.05) is 5.73 Å². The number of nitrogen functional groups attached to an aromatic ring is 1. The highest BCUT2D eigenvalue weighted by atomic mass is 127. The lowest BCUT2D eigenvalue weighted by molar-refractivity contribution is 1.33. The van der Waals surface area contributed by atoms with Crippen LogP contribution in [0, 0.1) is 3.57 Å². The molecule has 0 aliphatic carbocycles. The van der Waals surface area contributed by atoms with Crippen LogP contribution in [-0.4, -0.2) is 9.97 Å². The first-order chi connectivity index (χ1) is 12.2. The van der Waals surface area contributed by atoms with Gasteiger partial charge in [0.1, 0.15) is 5.82 Å². The normalized spacial score (nSPS) is 11.6. The maximum atomic E-state index is 6.00. The van der Waals surface area contributed by atoms with Crippen molar-refractivity contribution < 1.29 is 0 Å². The number of rotatable bonds is 1. The summed E-state index contributed by atoms with van der Waals surface area (Å²) >= 11 is 2.33. The number of nitrogens with zero attached hydrogens (tertiary/aromatic N) is 1. The molecule has 1 heterocycles. The summed E-state index contributed by atoms with van der Waals surface area (Å²) in [6.45, 7) is 0. The van der Waals surface area contributed by atoms with Crippen LogP contribution in [0.4, 0.5) is 5.69 Å². The van der Waals surface area contributed by atoms with Crippen molar-refractivity contribution in [1.29, 1.82) is 0 Å². The highest BCUT2D eigenvalue weighted by Crippen LogP contribution is 2.36. The second-order valence-electron chi connectivity index (χ2n) is 6.14. The third kappa shape index (κ3) is 2.21. The molecule has 0 spiro atoms. The summed E-state index contributed by atoms with van der Waals surface area (Å²) in [7, 11) is 0. The number of nitrogens with one attached hydrogen (secondary N) is 1. The predicted octanol–water partition coefficient (Wildman–Crippen LogP) is 5.72. The first kappa shape index (κ1) is 14.7. The molecule has 0 fully saturated rings. The number of H-pyrrole nitrogens is 1. The molecule has 3 N–H and O–H groups in total. The van der Waals surface area contributed by atoms with Gasteiger partial charge in [0.25, 0.3) is 0 Å². The van der Waals surface area contributed by atoms with E-state index >= 15 is 0 Å². The van der Waals surface area contributed by atoms with Gasteiger partial charge in [0.05, 0.1) is 11.0 Å². The van der Waals surface area contributed by atoms with E-state index in [4.69, 9.17) is 10.7 Å². The molecule has 5 aromatic rings. The van der Waals surface area contributed by atoms with Crippen molar-refractivity contribution in [2.45, 2.75) is 0 Å². The van der Waals surface area contributed by atoms with Gasteiger partial charge >= 0.3 is 0 Å². The minimum atomic E-state index is 0.741. The Balaban J connectivity index is 1.96. The van der Waals surface area contributed by atoms with E-state index in [1.54, 1.807) is 0 Å². The Morgan fingerprint density at radius 3 is 2.20 bits per heavy atom. The van der Waals surface area contributed by atoms with Crippen LogP contribution in [0.5, 0.6) is 0 Å². The molecule has 0 bridgehead atoms. The van der Waals surface area contributed by atoms with Gasteiger partial charge in [-0.3, -0.25) is 0 Å². The molecule has 0 unspecified atom stereocenters. The van der Waals surface area contributed by atoms with Gasteiger partial charge in [-0.25, -0.2) is 4.98 Å². The number of aromatic nitrogens is 2. The van der Waals surface area contributed by atoms with E-state index in [1.165, 1.54) is 16.2 Å². The summed E-state index contributed by atoms with van der Waals surface area (Å²) in [6.07, 6.45) is 0. The zero-order chi connectivity index (χ0) is 17.0. The topological polar surface area (TPSA) is 54.7 Å². The van der Waals surface area contributed by atoms with Gasteiger partial charge in [-0.15, -0.1) is 0 Å². The number of hydrogen-bond donors (Lipinski definition) is 2. The Morgan fingerprint density at radius 1 is 0.800 bits per heavy atom. The fourth-order valence-corrected chi connectivity index (χ4v) is 4.07. The first-order valence-corrected chi connectivity index (χ1v) is 9.15. The summed E-state index contributed by atoms with van der Waals surface area (Å²) in [6, 6.07) is 22.8. The van der Waals surface area contributed by atoms with Gasteiger partial charge in [-0.05, 0) is 51.6 Å². The quantitative estimate of drug-likeness (QED) is 0.201. The molecule has 120 valence electrons. The van der Waals surface area contributed by atoms with Crippen molar-refractivity contribution in [2.24, 2.45) is 0 Å². The smallest absolute Gasteiger partial charge is 0.139 e. The van der Waals surface area contributed by atoms with E-state index in [-0.39, 0.29) is 0 Å². The molecule has 0 saturated heterocycles. The minimum Gasteiger partial charge on any atom is -0.399 e. The molecule has 25 heavy (non-hydrogen) atoms. The van der Waals surface area contributed by atoms with Gasteiger partial charge in [-0.2, -0.15) is 0 Å². The average molecular weight is 435 g/mol. The van der Waals surface area contributed by atoms with Crippen molar-refractivity contribution in [3.8, 4) is 11.4 Å². The SMILES string of the molecule is Nc1ccc(I)c(-c2nc3c4ccccc4c4ccccc4c3[nH]2)c1. The molecular formula is C21H14IN3. The molecule has 0 aliphatic heterocycles. The van der Waals surface area contributed by atoms with E-state index < -0.39 is 0 Å². The van der Waals surface area contributed by atoms with Crippen LogP contribution in [0.3, 0.4) is 0 Å². The molecule has 1 aromatic heterocycles. The summed E-state index contributed by atoms with van der Waals surface area (Å²) < 4.78 is 1.12. The monoisotopic (exact) mass is 435 g/mol. The summed E-state index contributed by atoms with van der Waals surface area (Å²) in [5, 5.41) is 4.82. The van der Waals surface area contributed by atoms with Crippen LogP contribution in [0.15, 0.2) is 66.7 Å². The maximum Gasteiger partial charge on any atom is 0.139 e. The van der Waals surface area contributed by atoms with Gasteiger partial charge in [0.2, 0.25) is 0 Å². The number of aromatic amines is 1. The summed E-state index contributed by atoms with van der Waals surface area (Å²) in [4.78, 5) is 8.49. The second-order valence-corrected chi connectivity index (χ2v) is 7.30. The fraction of sp³-hybridized carbons (Fsp3) is 0. The first-order valence-electron chi connectivity index (χ1n) is 8.07. The Kier molecular flexibility index (Phi) is 3.21. The third-order valence-electron chi connectivity index (χ3n) is 4.62. The van der Waals surface area contributed by atoms with Crippen molar-refractivity contribution in [3.63, 3.8) is 0 Å². The largest absolute Gasteiger partial charge is 0.399 e. The predicted molar refractivity (Wildman–Crippen MR) is 114 cm³/mol. The Morgan fingerprint density at radius 2 is 1.44 bits per heavy atom. The zero-order valence-corrected chi connectivity index (χ0v) is 15.4. The van der Waals surface area contributed by atoms with E-state index in [2.05, 4.69) is 76.1 Å². The minimum absolute atomic E-state index is 0.741. The van der Waals surface area contributed by atoms with E-state index in [0.29, 0.717) is 0 Å². The molecular weight excluding hydrogens is 421 g/mol. The molecule has 4 heteroatoms. The molecule has 0 atom stereocenters. The van der Waals surface area contributed by atoms with Crippen LogP contribution in [0.1, 0.15) is 0 Å². The van der Waals surface area contributed by atoms with Gasteiger partial charge in [0, 0.05) is 25.6 Å². The molecule has 0 aliphatic rings. The highest BCUT2D eigenvalue weighted by Gasteiger charge is 2.14. The Hall–Kier alpha value is -2.60. The average Bonchev–Trinajstić information content (AvgIpc) is 3.09. The van der Waals surface area contributed by atoms with Crippen molar-refractivity contribution in [1.82, 2.24) is 9.97 Å². The number of anilines is 1.